The number of carbonyl (C=O) groups excluding carboxylic acids is 1. The summed E-state index contributed by atoms with van der Waals surface area (Å²) in [5.41, 5.74) is 0.758. The van der Waals surface area contributed by atoms with E-state index >= 15 is 0 Å². The first kappa shape index (κ1) is 7.80. The molecule has 0 unspecified atom stereocenters. The van der Waals surface area contributed by atoms with Gasteiger partial charge in [0.2, 0.25) is 5.91 Å². The van der Waals surface area contributed by atoms with Crippen LogP contribution < -0.4 is 5.32 Å². The summed E-state index contributed by atoms with van der Waals surface area (Å²) in [5.74, 6) is 0.149. The Hall–Kier alpha value is -0.830. The third-order valence-corrected chi connectivity index (χ3v) is 2.92. The third kappa shape index (κ3) is 0.894. The van der Waals surface area contributed by atoms with Crippen LogP contribution in [0.4, 0.5) is 0 Å². The van der Waals surface area contributed by atoms with Gasteiger partial charge in [0, 0.05) is 19.8 Å². The molecule has 0 aliphatic carbocycles. The van der Waals surface area contributed by atoms with Gasteiger partial charge in [-0.05, 0) is 18.4 Å². The van der Waals surface area contributed by atoms with Crippen LogP contribution in [0.25, 0.3) is 0 Å². The van der Waals surface area contributed by atoms with E-state index in [4.69, 9.17) is 4.74 Å². The van der Waals surface area contributed by atoms with Crippen molar-refractivity contribution >= 4 is 5.91 Å². The number of hydrogen-bond acceptors (Lipinski definition) is 2. The zero-order valence-electron chi connectivity index (χ0n) is 7.06. The summed E-state index contributed by atoms with van der Waals surface area (Å²) in [5, 5.41) is 2.84. The van der Waals surface area contributed by atoms with Gasteiger partial charge in [0.25, 0.3) is 0 Å². The highest BCUT2D eigenvalue weighted by Gasteiger charge is 2.46. The third-order valence-electron chi connectivity index (χ3n) is 2.92. The number of hydrogen-bond donors (Lipinski definition) is 1. The molecule has 12 heavy (non-hydrogen) atoms. The number of rotatable bonds is 0. The maximum Gasteiger partial charge on any atom is 0.230 e. The SMILES string of the molecule is C=C1CNC(=O)C12CCOCC2. The van der Waals surface area contributed by atoms with Crippen LogP contribution in [0, 0.1) is 5.41 Å². The molecule has 3 nitrogen and oxygen atoms in total. The van der Waals surface area contributed by atoms with Gasteiger partial charge in [-0.25, -0.2) is 0 Å². The average molecular weight is 167 g/mol. The molecule has 0 radical (unpaired) electrons. The van der Waals surface area contributed by atoms with Crippen molar-refractivity contribution in [2.24, 2.45) is 5.41 Å². The first-order valence-corrected chi connectivity index (χ1v) is 4.30. The molecule has 1 N–H and O–H groups in total. The summed E-state index contributed by atoms with van der Waals surface area (Å²) in [7, 11) is 0. The smallest absolute Gasteiger partial charge is 0.230 e. The van der Waals surface area contributed by atoms with Crippen molar-refractivity contribution in [1.82, 2.24) is 5.32 Å². The molecule has 0 aromatic rings. The Kier molecular flexibility index (Phi) is 1.68. The topological polar surface area (TPSA) is 38.3 Å². The van der Waals surface area contributed by atoms with Crippen molar-refractivity contribution in [3.63, 3.8) is 0 Å². The second kappa shape index (κ2) is 2.59. The lowest BCUT2D eigenvalue weighted by Gasteiger charge is -2.31. The first-order valence-electron chi connectivity index (χ1n) is 4.30. The fourth-order valence-corrected chi connectivity index (χ4v) is 1.99. The lowest BCUT2D eigenvalue weighted by atomic mass is 9.76. The van der Waals surface area contributed by atoms with Gasteiger partial charge in [-0.3, -0.25) is 4.79 Å². The number of amides is 1. The monoisotopic (exact) mass is 167 g/mol. The molecule has 2 rings (SSSR count). The number of carbonyl (C=O) groups is 1. The molecule has 1 amide bonds. The van der Waals surface area contributed by atoms with Crippen molar-refractivity contribution in [3.8, 4) is 0 Å². The van der Waals surface area contributed by atoms with Crippen LogP contribution in [0.15, 0.2) is 12.2 Å². The van der Waals surface area contributed by atoms with Crippen LogP contribution in [0.2, 0.25) is 0 Å². The molecule has 0 aromatic heterocycles. The first-order chi connectivity index (χ1) is 5.76. The van der Waals surface area contributed by atoms with E-state index in [1.807, 2.05) is 0 Å². The van der Waals surface area contributed by atoms with E-state index in [2.05, 4.69) is 11.9 Å². The fourth-order valence-electron chi connectivity index (χ4n) is 1.99. The van der Waals surface area contributed by atoms with Gasteiger partial charge in [-0.1, -0.05) is 6.58 Å². The van der Waals surface area contributed by atoms with Gasteiger partial charge in [0.15, 0.2) is 0 Å². The highest BCUT2D eigenvalue weighted by Crippen LogP contribution is 2.40. The van der Waals surface area contributed by atoms with E-state index in [0.29, 0.717) is 19.8 Å². The van der Waals surface area contributed by atoms with Crippen LogP contribution in [0.5, 0.6) is 0 Å². The van der Waals surface area contributed by atoms with Gasteiger partial charge in [-0.2, -0.15) is 0 Å². The van der Waals surface area contributed by atoms with E-state index in [1.165, 1.54) is 0 Å². The Bertz CT molecular complexity index is 211. The van der Waals surface area contributed by atoms with E-state index in [9.17, 15) is 4.79 Å². The summed E-state index contributed by atoms with van der Waals surface area (Å²) >= 11 is 0. The predicted octanol–water partition coefficient (Wildman–Crippen LogP) is 0.469. The van der Waals surface area contributed by atoms with Gasteiger partial charge < -0.3 is 10.1 Å². The molecule has 0 atom stereocenters. The second-order valence-corrected chi connectivity index (χ2v) is 3.48. The average Bonchev–Trinajstić information content (AvgIpc) is 2.36. The Morgan fingerprint density at radius 2 is 2.08 bits per heavy atom. The van der Waals surface area contributed by atoms with Crippen LogP contribution >= 0.6 is 0 Å². The fraction of sp³-hybridized carbons (Fsp3) is 0.667. The zero-order valence-corrected chi connectivity index (χ0v) is 7.06. The molecule has 66 valence electrons. The second-order valence-electron chi connectivity index (χ2n) is 3.48. The van der Waals surface area contributed by atoms with Crippen LogP contribution in [0.3, 0.4) is 0 Å². The van der Waals surface area contributed by atoms with Crippen molar-refractivity contribution in [2.45, 2.75) is 12.8 Å². The lowest BCUT2D eigenvalue weighted by molar-refractivity contribution is -0.130. The van der Waals surface area contributed by atoms with Crippen molar-refractivity contribution in [1.29, 1.82) is 0 Å². The summed E-state index contributed by atoms with van der Waals surface area (Å²) in [6.07, 6.45) is 1.61. The minimum atomic E-state index is -0.280. The number of nitrogens with one attached hydrogen (secondary N) is 1. The van der Waals surface area contributed by atoms with E-state index in [-0.39, 0.29) is 11.3 Å². The zero-order chi connectivity index (χ0) is 8.60. The molecule has 3 heteroatoms. The lowest BCUT2D eigenvalue weighted by Crippen LogP contribution is -2.37. The molecular formula is C9H13NO2. The summed E-state index contributed by atoms with van der Waals surface area (Å²) in [6, 6.07) is 0. The van der Waals surface area contributed by atoms with Crippen LogP contribution in [0.1, 0.15) is 12.8 Å². The van der Waals surface area contributed by atoms with Gasteiger partial charge in [-0.15, -0.1) is 0 Å². The molecule has 2 aliphatic rings. The van der Waals surface area contributed by atoms with E-state index < -0.39 is 0 Å². The van der Waals surface area contributed by atoms with E-state index in [0.717, 1.165) is 18.4 Å². The molecule has 0 bridgehead atoms. The molecule has 0 aromatic carbocycles. The van der Waals surface area contributed by atoms with Crippen molar-refractivity contribution in [2.75, 3.05) is 19.8 Å². The summed E-state index contributed by atoms with van der Waals surface area (Å²) in [4.78, 5) is 11.5. The summed E-state index contributed by atoms with van der Waals surface area (Å²) < 4.78 is 5.23. The number of ether oxygens (including phenoxy) is 1. The Balaban J connectivity index is 2.26. The predicted molar refractivity (Wildman–Crippen MR) is 44.6 cm³/mol. The maximum atomic E-state index is 11.5. The minimum absolute atomic E-state index is 0.149. The minimum Gasteiger partial charge on any atom is -0.381 e. The largest absolute Gasteiger partial charge is 0.381 e. The molecule has 2 heterocycles. The Morgan fingerprint density at radius 1 is 1.42 bits per heavy atom. The van der Waals surface area contributed by atoms with Gasteiger partial charge in [0.05, 0.1) is 5.41 Å². The maximum absolute atomic E-state index is 11.5. The molecule has 2 aliphatic heterocycles. The van der Waals surface area contributed by atoms with Crippen molar-refractivity contribution < 1.29 is 9.53 Å². The standard InChI is InChI=1S/C9H13NO2/c1-7-6-10-8(11)9(7)2-4-12-5-3-9/h1-6H2,(H,10,11). The molecule has 2 fully saturated rings. The van der Waals surface area contributed by atoms with Crippen LogP contribution in [-0.4, -0.2) is 25.7 Å². The highest BCUT2D eigenvalue weighted by atomic mass is 16.5. The van der Waals surface area contributed by atoms with Crippen molar-refractivity contribution in [3.05, 3.63) is 12.2 Å². The quantitative estimate of drug-likeness (QED) is 0.532. The molecular weight excluding hydrogens is 154 g/mol. The van der Waals surface area contributed by atoms with Crippen LogP contribution in [-0.2, 0) is 9.53 Å². The molecule has 1 spiro atoms. The Morgan fingerprint density at radius 3 is 2.58 bits per heavy atom. The van der Waals surface area contributed by atoms with E-state index in [1.54, 1.807) is 0 Å². The summed E-state index contributed by atoms with van der Waals surface area (Å²) in [6.45, 7) is 5.97. The van der Waals surface area contributed by atoms with Gasteiger partial charge >= 0.3 is 0 Å². The molecule has 0 saturated carbocycles. The van der Waals surface area contributed by atoms with Gasteiger partial charge in [0.1, 0.15) is 0 Å². The Labute approximate surface area is 71.8 Å². The molecule has 2 saturated heterocycles. The normalized spacial score (nSPS) is 27.7. The highest BCUT2D eigenvalue weighted by molar-refractivity contribution is 5.89.